The number of aliphatic hydroxyl groups excluding tert-OH is 1. The minimum absolute atomic E-state index is 0.369. The smallest absolute Gasteiger partial charge is 0.0471 e. The monoisotopic (exact) mass is 223 g/mol. The highest BCUT2D eigenvalue weighted by Crippen LogP contribution is 2.26. The molecular weight excluding hydrogens is 198 g/mol. The van der Waals surface area contributed by atoms with Crippen molar-refractivity contribution >= 4 is 0 Å². The highest BCUT2D eigenvalue weighted by molar-refractivity contribution is 4.92. The second-order valence-corrected chi connectivity index (χ2v) is 5.58. The maximum absolute atomic E-state index is 9.26. The van der Waals surface area contributed by atoms with Crippen molar-refractivity contribution in [2.24, 2.45) is 11.8 Å². The lowest BCUT2D eigenvalue weighted by atomic mass is 9.89. The van der Waals surface area contributed by atoms with E-state index >= 15 is 0 Å². The van der Waals surface area contributed by atoms with Crippen LogP contribution >= 0.6 is 0 Å². The Balaban J connectivity index is 1.84. The second-order valence-electron chi connectivity index (χ2n) is 5.58. The van der Waals surface area contributed by atoms with Crippen molar-refractivity contribution in [2.75, 3.05) is 19.7 Å². The quantitative estimate of drug-likeness (QED) is 0.743. The second kappa shape index (κ2) is 5.83. The Morgan fingerprint density at radius 3 is 2.75 bits per heavy atom. The Hall–Kier alpha value is -0.340. The number of nitrogens with zero attached hydrogens (tertiary/aromatic N) is 1. The Labute approximate surface area is 99.3 Å². The summed E-state index contributed by atoms with van der Waals surface area (Å²) in [5, 5.41) is 9.26. The minimum atomic E-state index is 0.369. The number of allylic oxidation sites excluding steroid dienone is 2. The van der Waals surface area contributed by atoms with E-state index < -0.39 is 0 Å². The fourth-order valence-corrected chi connectivity index (χ4v) is 3.02. The Morgan fingerprint density at radius 1 is 1.19 bits per heavy atom. The molecule has 0 bridgehead atoms. The van der Waals surface area contributed by atoms with E-state index in [4.69, 9.17) is 0 Å². The number of rotatable bonds is 3. The molecule has 0 radical (unpaired) electrons. The van der Waals surface area contributed by atoms with Crippen LogP contribution in [-0.4, -0.2) is 35.7 Å². The van der Waals surface area contributed by atoms with Crippen LogP contribution in [-0.2, 0) is 0 Å². The average molecular weight is 223 g/mol. The molecule has 3 atom stereocenters. The zero-order chi connectivity index (χ0) is 11.4. The van der Waals surface area contributed by atoms with Gasteiger partial charge in [-0.2, -0.15) is 0 Å². The van der Waals surface area contributed by atoms with Crippen molar-refractivity contribution in [3.63, 3.8) is 0 Å². The van der Waals surface area contributed by atoms with Crippen LogP contribution in [0.15, 0.2) is 12.2 Å². The van der Waals surface area contributed by atoms with Crippen molar-refractivity contribution in [1.82, 2.24) is 4.90 Å². The normalized spacial score (nSPS) is 36.5. The van der Waals surface area contributed by atoms with Crippen LogP contribution in [0.25, 0.3) is 0 Å². The summed E-state index contributed by atoms with van der Waals surface area (Å²) in [6.45, 7) is 5.06. The summed E-state index contributed by atoms with van der Waals surface area (Å²) in [7, 11) is 0. The van der Waals surface area contributed by atoms with E-state index in [0.717, 1.165) is 12.5 Å². The van der Waals surface area contributed by atoms with Gasteiger partial charge in [-0.05, 0) is 50.9 Å². The number of hydrogen-bond donors (Lipinski definition) is 1. The Morgan fingerprint density at radius 2 is 2.06 bits per heavy atom. The number of hydrogen-bond acceptors (Lipinski definition) is 2. The van der Waals surface area contributed by atoms with E-state index in [1.165, 1.54) is 38.6 Å². The van der Waals surface area contributed by atoms with E-state index in [9.17, 15) is 5.11 Å². The van der Waals surface area contributed by atoms with Crippen LogP contribution < -0.4 is 0 Å². The first kappa shape index (κ1) is 12.1. The molecule has 16 heavy (non-hydrogen) atoms. The molecule has 1 aliphatic carbocycles. The fourth-order valence-electron chi connectivity index (χ4n) is 3.02. The first-order valence-corrected chi connectivity index (χ1v) is 6.79. The average Bonchev–Trinajstić information content (AvgIpc) is 2.33. The molecule has 1 saturated heterocycles. The highest BCUT2D eigenvalue weighted by atomic mass is 16.3. The molecule has 1 aliphatic heterocycles. The number of likely N-dealkylation sites (tertiary alicyclic amines) is 1. The summed E-state index contributed by atoms with van der Waals surface area (Å²) in [5.41, 5.74) is 0. The van der Waals surface area contributed by atoms with E-state index in [2.05, 4.69) is 24.0 Å². The van der Waals surface area contributed by atoms with Gasteiger partial charge in [0, 0.05) is 25.7 Å². The largest absolute Gasteiger partial charge is 0.396 e. The topological polar surface area (TPSA) is 23.5 Å². The van der Waals surface area contributed by atoms with Gasteiger partial charge in [0.1, 0.15) is 0 Å². The van der Waals surface area contributed by atoms with Gasteiger partial charge in [0.2, 0.25) is 0 Å². The molecule has 2 nitrogen and oxygen atoms in total. The molecule has 1 heterocycles. The molecule has 0 aromatic rings. The lowest BCUT2D eigenvalue weighted by Crippen LogP contribution is -2.45. The predicted molar refractivity (Wildman–Crippen MR) is 67.3 cm³/mol. The molecule has 1 fully saturated rings. The third-order valence-corrected chi connectivity index (χ3v) is 4.24. The van der Waals surface area contributed by atoms with Crippen LogP contribution in [0, 0.1) is 11.8 Å². The lowest BCUT2D eigenvalue weighted by Gasteiger charge is -2.39. The van der Waals surface area contributed by atoms with Crippen molar-refractivity contribution in [3.05, 3.63) is 12.2 Å². The summed E-state index contributed by atoms with van der Waals surface area (Å²) in [4.78, 5) is 2.61. The molecule has 0 aromatic carbocycles. The molecular formula is C14H25NO. The number of aliphatic hydroxyl groups is 1. The van der Waals surface area contributed by atoms with Crippen molar-refractivity contribution in [2.45, 2.75) is 45.1 Å². The van der Waals surface area contributed by atoms with Gasteiger partial charge in [0.05, 0.1) is 0 Å². The molecule has 2 rings (SSSR count). The van der Waals surface area contributed by atoms with E-state index in [0.29, 0.717) is 18.6 Å². The van der Waals surface area contributed by atoms with Crippen LogP contribution in [0.5, 0.6) is 0 Å². The molecule has 1 N–H and O–H groups in total. The van der Waals surface area contributed by atoms with Crippen LogP contribution in [0.2, 0.25) is 0 Å². The van der Waals surface area contributed by atoms with Crippen LogP contribution in [0.4, 0.5) is 0 Å². The van der Waals surface area contributed by atoms with Gasteiger partial charge in [0.15, 0.2) is 0 Å². The minimum Gasteiger partial charge on any atom is -0.396 e. The predicted octanol–water partition coefficient (Wildman–Crippen LogP) is 2.44. The molecule has 0 aromatic heterocycles. The molecule has 0 spiro atoms. The molecule has 92 valence electrons. The summed E-state index contributed by atoms with van der Waals surface area (Å²) in [6.07, 6.45) is 11.0. The lowest BCUT2D eigenvalue weighted by molar-refractivity contribution is 0.0686. The van der Waals surface area contributed by atoms with Gasteiger partial charge >= 0.3 is 0 Å². The van der Waals surface area contributed by atoms with Gasteiger partial charge in [-0.3, -0.25) is 0 Å². The van der Waals surface area contributed by atoms with Crippen molar-refractivity contribution in [3.8, 4) is 0 Å². The fraction of sp³-hybridized carbons (Fsp3) is 0.857. The first-order valence-electron chi connectivity index (χ1n) is 6.79. The van der Waals surface area contributed by atoms with Crippen LogP contribution in [0.3, 0.4) is 0 Å². The Bertz CT molecular complexity index is 239. The molecule has 0 amide bonds. The zero-order valence-electron chi connectivity index (χ0n) is 10.4. The molecule has 3 unspecified atom stereocenters. The summed E-state index contributed by atoms with van der Waals surface area (Å²) in [5.74, 6) is 1.38. The van der Waals surface area contributed by atoms with Gasteiger partial charge in [-0.1, -0.05) is 12.2 Å². The van der Waals surface area contributed by atoms with Gasteiger partial charge < -0.3 is 10.0 Å². The number of piperidine rings is 1. The zero-order valence-corrected chi connectivity index (χ0v) is 10.4. The SMILES string of the molecule is CC1CCC(CO)CN1CC1CC=CCC1. The summed E-state index contributed by atoms with van der Waals surface area (Å²) < 4.78 is 0. The molecule has 2 heteroatoms. The van der Waals surface area contributed by atoms with Gasteiger partial charge in [-0.25, -0.2) is 0 Å². The highest BCUT2D eigenvalue weighted by Gasteiger charge is 2.26. The van der Waals surface area contributed by atoms with E-state index in [-0.39, 0.29) is 0 Å². The molecule has 0 saturated carbocycles. The Kier molecular flexibility index (Phi) is 4.42. The van der Waals surface area contributed by atoms with E-state index in [1.54, 1.807) is 0 Å². The standard InChI is InChI=1S/C14H25NO/c1-12-7-8-14(11-16)10-15(12)9-13-5-3-2-4-6-13/h2-3,12-14,16H,4-11H2,1H3. The third kappa shape index (κ3) is 3.08. The maximum Gasteiger partial charge on any atom is 0.0471 e. The van der Waals surface area contributed by atoms with Gasteiger partial charge in [-0.15, -0.1) is 0 Å². The van der Waals surface area contributed by atoms with Crippen molar-refractivity contribution < 1.29 is 5.11 Å². The van der Waals surface area contributed by atoms with Crippen LogP contribution in [0.1, 0.15) is 39.0 Å². The summed E-state index contributed by atoms with van der Waals surface area (Å²) in [6, 6.07) is 0.716. The van der Waals surface area contributed by atoms with Gasteiger partial charge in [0.25, 0.3) is 0 Å². The maximum atomic E-state index is 9.26. The first-order chi connectivity index (χ1) is 7.79. The third-order valence-electron chi connectivity index (χ3n) is 4.24. The molecule has 2 aliphatic rings. The van der Waals surface area contributed by atoms with Crippen molar-refractivity contribution in [1.29, 1.82) is 0 Å². The van der Waals surface area contributed by atoms with E-state index in [1.807, 2.05) is 0 Å². The summed E-state index contributed by atoms with van der Waals surface area (Å²) >= 11 is 0.